The van der Waals surface area contributed by atoms with E-state index in [0.717, 1.165) is 0 Å². The van der Waals surface area contributed by atoms with Crippen LogP contribution in [0.5, 0.6) is 0 Å². The van der Waals surface area contributed by atoms with E-state index in [2.05, 4.69) is 0 Å². The SMILES string of the molecule is CCC1OOC(CC)OOC(CC)OO1. The van der Waals surface area contributed by atoms with Crippen molar-refractivity contribution < 1.29 is 29.3 Å². The molecule has 90 valence electrons. The van der Waals surface area contributed by atoms with Gasteiger partial charge in [0.1, 0.15) is 0 Å². The molecule has 0 saturated carbocycles. The van der Waals surface area contributed by atoms with Crippen LogP contribution in [-0.4, -0.2) is 18.9 Å². The van der Waals surface area contributed by atoms with E-state index in [1.807, 2.05) is 20.8 Å². The molecule has 1 saturated heterocycles. The van der Waals surface area contributed by atoms with Crippen LogP contribution in [0.2, 0.25) is 0 Å². The second kappa shape index (κ2) is 7.10. The number of hydrogen-bond acceptors (Lipinski definition) is 6. The van der Waals surface area contributed by atoms with Crippen LogP contribution in [0.3, 0.4) is 0 Å². The molecule has 1 aliphatic heterocycles. The van der Waals surface area contributed by atoms with Crippen molar-refractivity contribution in [2.24, 2.45) is 0 Å². The second-order valence-electron chi connectivity index (χ2n) is 3.09. The molecule has 0 atom stereocenters. The van der Waals surface area contributed by atoms with Crippen LogP contribution in [0.1, 0.15) is 40.0 Å². The summed E-state index contributed by atoms with van der Waals surface area (Å²) in [6.07, 6.45) is 0.0993. The van der Waals surface area contributed by atoms with Gasteiger partial charge >= 0.3 is 0 Å². The summed E-state index contributed by atoms with van der Waals surface area (Å²) < 4.78 is 0. The van der Waals surface area contributed by atoms with Gasteiger partial charge in [0.25, 0.3) is 0 Å². The highest BCUT2D eigenvalue weighted by atomic mass is 17.4. The first-order valence-electron chi connectivity index (χ1n) is 5.26. The van der Waals surface area contributed by atoms with Crippen molar-refractivity contribution in [2.45, 2.75) is 58.9 Å². The van der Waals surface area contributed by atoms with Gasteiger partial charge in [0, 0.05) is 19.3 Å². The zero-order valence-electron chi connectivity index (χ0n) is 9.30. The maximum absolute atomic E-state index is 4.96. The van der Waals surface area contributed by atoms with Gasteiger partial charge < -0.3 is 0 Å². The lowest BCUT2D eigenvalue weighted by molar-refractivity contribution is -0.482. The fraction of sp³-hybridized carbons (Fsp3) is 1.00. The smallest absolute Gasteiger partial charge is 0.199 e. The van der Waals surface area contributed by atoms with Crippen molar-refractivity contribution in [3.05, 3.63) is 0 Å². The minimum Gasteiger partial charge on any atom is -0.199 e. The number of rotatable bonds is 3. The highest BCUT2D eigenvalue weighted by Crippen LogP contribution is 2.14. The van der Waals surface area contributed by atoms with Crippen LogP contribution >= 0.6 is 0 Å². The number of hydrogen-bond donors (Lipinski definition) is 0. The molecular weight excluding hydrogens is 204 g/mol. The lowest BCUT2D eigenvalue weighted by atomic mass is 10.5. The maximum atomic E-state index is 4.96. The van der Waals surface area contributed by atoms with Crippen LogP contribution < -0.4 is 0 Å². The highest BCUT2D eigenvalue weighted by Gasteiger charge is 2.22. The van der Waals surface area contributed by atoms with E-state index in [1.54, 1.807) is 0 Å². The third-order valence-corrected chi connectivity index (χ3v) is 1.81. The third kappa shape index (κ3) is 4.42. The molecule has 1 fully saturated rings. The highest BCUT2D eigenvalue weighted by molar-refractivity contribution is 4.37. The second-order valence-corrected chi connectivity index (χ2v) is 3.09. The zero-order chi connectivity index (χ0) is 11.1. The van der Waals surface area contributed by atoms with E-state index in [1.165, 1.54) is 0 Å². The predicted octanol–water partition coefficient (Wildman–Crippen LogP) is 2.05. The maximum Gasteiger partial charge on any atom is 0.224 e. The predicted molar refractivity (Wildman–Crippen MR) is 48.7 cm³/mol. The van der Waals surface area contributed by atoms with Gasteiger partial charge in [-0.2, -0.15) is 29.3 Å². The average molecular weight is 222 g/mol. The van der Waals surface area contributed by atoms with Crippen molar-refractivity contribution >= 4 is 0 Å². The Bertz CT molecular complexity index is 124. The Morgan fingerprint density at radius 1 is 0.533 bits per heavy atom. The molecule has 0 aromatic carbocycles. The Labute approximate surface area is 89.1 Å². The third-order valence-electron chi connectivity index (χ3n) is 1.81. The molecule has 6 nitrogen and oxygen atoms in total. The van der Waals surface area contributed by atoms with Gasteiger partial charge in [0.15, 0.2) is 0 Å². The van der Waals surface area contributed by atoms with Gasteiger partial charge in [-0.05, 0) is 0 Å². The van der Waals surface area contributed by atoms with Gasteiger partial charge in [-0.1, -0.05) is 20.8 Å². The van der Waals surface area contributed by atoms with Crippen molar-refractivity contribution in [2.75, 3.05) is 0 Å². The van der Waals surface area contributed by atoms with Crippen LogP contribution in [0.4, 0.5) is 0 Å². The quantitative estimate of drug-likeness (QED) is 0.681. The van der Waals surface area contributed by atoms with Crippen molar-refractivity contribution in [3.63, 3.8) is 0 Å². The van der Waals surface area contributed by atoms with Gasteiger partial charge in [-0.15, -0.1) is 0 Å². The van der Waals surface area contributed by atoms with Crippen LogP contribution in [-0.2, 0) is 29.3 Å². The summed E-state index contributed by atoms with van der Waals surface area (Å²) in [5.41, 5.74) is 0. The largest absolute Gasteiger partial charge is 0.224 e. The molecular formula is C9H18O6. The van der Waals surface area contributed by atoms with E-state index in [4.69, 9.17) is 29.3 Å². The van der Waals surface area contributed by atoms with Crippen molar-refractivity contribution in [3.8, 4) is 0 Å². The normalized spacial score (nSPS) is 34.2. The molecule has 1 heterocycles. The first kappa shape index (κ1) is 12.8. The molecule has 1 rings (SSSR count). The molecule has 0 radical (unpaired) electrons. The fourth-order valence-electron chi connectivity index (χ4n) is 0.828. The fourth-order valence-corrected chi connectivity index (χ4v) is 0.828. The van der Waals surface area contributed by atoms with E-state index in [9.17, 15) is 0 Å². The van der Waals surface area contributed by atoms with Gasteiger partial charge in [-0.3, -0.25) is 0 Å². The van der Waals surface area contributed by atoms with E-state index in [0.29, 0.717) is 19.3 Å². The summed E-state index contributed by atoms with van der Waals surface area (Å²) in [6.45, 7) is 5.66. The van der Waals surface area contributed by atoms with Crippen LogP contribution in [0.25, 0.3) is 0 Å². The summed E-state index contributed by atoms with van der Waals surface area (Å²) in [7, 11) is 0. The minimum absolute atomic E-state index is 0.571. The summed E-state index contributed by atoms with van der Waals surface area (Å²) in [5, 5.41) is 0. The lowest BCUT2D eigenvalue weighted by Gasteiger charge is -2.14. The lowest BCUT2D eigenvalue weighted by Crippen LogP contribution is -2.20. The van der Waals surface area contributed by atoms with Gasteiger partial charge in [-0.25, -0.2) is 0 Å². The van der Waals surface area contributed by atoms with Crippen LogP contribution in [0.15, 0.2) is 0 Å². The molecule has 0 aromatic rings. The summed E-state index contributed by atoms with van der Waals surface area (Å²) >= 11 is 0. The van der Waals surface area contributed by atoms with Crippen molar-refractivity contribution in [1.29, 1.82) is 0 Å². The molecule has 0 unspecified atom stereocenters. The average Bonchev–Trinajstić information content (AvgIpc) is 2.38. The molecule has 0 aliphatic carbocycles. The Morgan fingerprint density at radius 2 is 0.733 bits per heavy atom. The Hall–Kier alpha value is -0.240. The molecule has 1 aliphatic rings. The zero-order valence-corrected chi connectivity index (χ0v) is 9.30. The molecule has 0 spiro atoms. The molecule has 0 N–H and O–H groups in total. The Morgan fingerprint density at radius 3 is 0.867 bits per heavy atom. The minimum atomic E-state index is -0.571. The van der Waals surface area contributed by atoms with Gasteiger partial charge in [0.05, 0.1) is 0 Å². The van der Waals surface area contributed by atoms with E-state index >= 15 is 0 Å². The first-order valence-corrected chi connectivity index (χ1v) is 5.26. The van der Waals surface area contributed by atoms with E-state index in [-0.39, 0.29) is 0 Å². The van der Waals surface area contributed by atoms with E-state index < -0.39 is 18.9 Å². The topological polar surface area (TPSA) is 55.4 Å². The van der Waals surface area contributed by atoms with Crippen molar-refractivity contribution in [1.82, 2.24) is 0 Å². The summed E-state index contributed by atoms with van der Waals surface area (Å²) in [6, 6.07) is 0. The van der Waals surface area contributed by atoms with Gasteiger partial charge in [0.2, 0.25) is 18.9 Å². The monoisotopic (exact) mass is 222 g/mol. The standard InChI is InChI=1S/C9H18O6/c1-4-7-10-12-8(5-2)14-15-9(6-3)13-11-7/h7-9H,4-6H2,1-3H3. The molecule has 0 amide bonds. The molecule has 15 heavy (non-hydrogen) atoms. The summed E-state index contributed by atoms with van der Waals surface area (Å²) in [5.74, 6) is 0. The Kier molecular flexibility index (Phi) is 6.07. The van der Waals surface area contributed by atoms with Crippen LogP contribution in [0, 0.1) is 0 Å². The molecule has 6 heteroatoms. The first-order chi connectivity index (χ1) is 7.30. The Balaban J connectivity index is 2.47. The molecule has 0 aromatic heterocycles. The summed E-state index contributed by atoms with van der Waals surface area (Å²) in [4.78, 5) is 29.7. The molecule has 0 bridgehead atoms.